The van der Waals surface area contributed by atoms with E-state index >= 15 is 0 Å². The monoisotopic (exact) mass is 163 g/mol. The Morgan fingerprint density at radius 3 is 3.00 bits per heavy atom. The third-order valence-corrected chi connectivity index (χ3v) is 1.92. The second kappa shape index (κ2) is 2.52. The first kappa shape index (κ1) is 7.16. The van der Waals surface area contributed by atoms with E-state index in [2.05, 4.69) is 0 Å². The van der Waals surface area contributed by atoms with E-state index < -0.39 is 0 Å². The zero-order chi connectivity index (χ0) is 8.55. The number of rotatable bonds is 0. The highest BCUT2D eigenvalue weighted by Gasteiger charge is 2.20. The van der Waals surface area contributed by atoms with E-state index in [1.54, 1.807) is 18.2 Å². The molecule has 0 fully saturated rings. The number of benzene rings is 1. The Kier molecular flexibility index (Phi) is 1.50. The predicted octanol–water partition coefficient (Wildman–Crippen LogP) is 1.23. The second-order valence-electron chi connectivity index (χ2n) is 2.74. The van der Waals surface area contributed by atoms with Gasteiger partial charge in [0.15, 0.2) is 5.78 Å². The van der Waals surface area contributed by atoms with Crippen molar-refractivity contribution in [2.45, 2.75) is 6.42 Å². The third-order valence-electron chi connectivity index (χ3n) is 1.92. The third kappa shape index (κ3) is 0.942. The number of hydrogen-bond acceptors (Lipinski definition) is 3. The minimum absolute atomic E-state index is 0.0781. The Labute approximate surface area is 70.1 Å². The molecule has 12 heavy (non-hydrogen) atoms. The summed E-state index contributed by atoms with van der Waals surface area (Å²) < 4.78 is 5.27. The number of ketones is 1. The molecule has 1 aliphatic rings. The lowest BCUT2D eigenvalue weighted by Crippen LogP contribution is -2.16. The Morgan fingerprint density at radius 1 is 1.42 bits per heavy atom. The van der Waals surface area contributed by atoms with Crippen LogP contribution < -0.4 is 10.5 Å². The smallest absolute Gasteiger partial charge is 0.172 e. The van der Waals surface area contributed by atoms with Crippen molar-refractivity contribution in [1.82, 2.24) is 0 Å². The van der Waals surface area contributed by atoms with Crippen molar-refractivity contribution in [2.24, 2.45) is 0 Å². The minimum Gasteiger partial charge on any atom is -0.492 e. The first-order valence-electron chi connectivity index (χ1n) is 3.83. The molecule has 0 atom stereocenters. The van der Waals surface area contributed by atoms with Gasteiger partial charge in [0.1, 0.15) is 5.75 Å². The van der Waals surface area contributed by atoms with E-state index in [1.165, 1.54) is 0 Å². The molecule has 2 rings (SSSR count). The molecule has 0 spiro atoms. The van der Waals surface area contributed by atoms with E-state index in [0.717, 1.165) is 0 Å². The number of anilines is 1. The molecule has 0 saturated carbocycles. The van der Waals surface area contributed by atoms with Crippen LogP contribution in [0, 0.1) is 0 Å². The molecule has 0 amide bonds. The number of Topliss-reactive ketones (excluding diaryl/α,β-unsaturated/α-hetero) is 1. The van der Waals surface area contributed by atoms with E-state index in [1.807, 2.05) is 0 Å². The number of hydrogen-bond donors (Lipinski definition) is 1. The highest BCUT2D eigenvalue weighted by atomic mass is 16.5. The van der Waals surface area contributed by atoms with E-state index in [-0.39, 0.29) is 5.78 Å². The van der Waals surface area contributed by atoms with Crippen molar-refractivity contribution >= 4 is 11.5 Å². The standard InChI is InChI=1S/C9H9NO2/c10-6-2-1-3-8-9(6)7(11)4-5-12-8/h1-3H,4-5,10H2. The van der Waals surface area contributed by atoms with Crippen LogP contribution in [0.4, 0.5) is 5.69 Å². The molecule has 1 heterocycles. The topological polar surface area (TPSA) is 52.3 Å². The highest BCUT2D eigenvalue weighted by molar-refractivity contribution is 6.04. The van der Waals surface area contributed by atoms with Gasteiger partial charge in [-0.15, -0.1) is 0 Å². The molecular formula is C9H9NO2. The predicted molar refractivity (Wildman–Crippen MR) is 45.3 cm³/mol. The Bertz CT molecular complexity index is 333. The van der Waals surface area contributed by atoms with Gasteiger partial charge < -0.3 is 10.5 Å². The summed E-state index contributed by atoms with van der Waals surface area (Å²) in [6.45, 7) is 0.468. The molecule has 0 aliphatic carbocycles. The van der Waals surface area contributed by atoms with Crippen LogP contribution in [0.15, 0.2) is 18.2 Å². The van der Waals surface area contributed by atoms with Crippen molar-refractivity contribution in [3.05, 3.63) is 23.8 Å². The minimum atomic E-state index is 0.0781. The SMILES string of the molecule is Nc1cccc2c1C(=O)CCO2. The van der Waals surface area contributed by atoms with Crippen LogP contribution in [-0.2, 0) is 0 Å². The van der Waals surface area contributed by atoms with Crippen LogP contribution in [0.2, 0.25) is 0 Å². The summed E-state index contributed by atoms with van der Waals surface area (Å²) in [5.41, 5.74) is 6.69. The summed E-state index contributed by atoms with van der Waals surface area (Å²) in [5.74, 6) is 0.695. The molecule has 62 valence electrons. The summed E-state index contributed by atoms with van der Waals surface area (Å²) >= 11 is 0. The van der Waals surface area contributed by atoms with Crippen molar-refractivity contribution in [1.29, 1.82) is 0 Å². The fourth-order valence-corrected chi connectivity index (χ4v) is 1.35. The molecule has 1 aromatic rings. The van der Waals surface area contributed by atoms with Crippen molar-refractivity contribution in [3.8, 4) is 5.75 Å². The van der Waals surface area contributed by atoms with Crippen LogP contribution in [0.3, 0.4) is 0 Å². The summed E-state index contributed by atoms with van der Waals surface area (Å²) in [4.78, 5) is 11.3. The fourth-order valence-electron chi connectivity index (χ4n) is 1.35. The summed E-state index contributed by atoms with van der Waals surface area (Å²) in [6.07, 6.45) is 0.432. The molecule has 0 bridgehead atoms. The lowest BCUT2D eigenvalue weighted by molar-refractivity contribution is 0.0935. The lowest BCUT2D eigenvalue weighted by Gasteiger charge is -2.16. The maximum atomic E-state index is 11.3. The molecule has 1 aromatic carbocycles. The maximum Gasteiger partial charge on any atom is 0.172 e. The first-order chi connectivity index (χ1) is 5.79. The van der Waals surface area contributed by atoms with Gasteiger partial charge in [-0.25, -0.2) is 0 Å². The van der Waals surface area contributed by atoms with Crippen molar-refractivity contribution in [3.63, 3.8) is 0 Å². The zero-order valence-electron chi connectivity index (χ0n) is 6.54. The lowest BCUT2D eigenvalue weighted by atomic mass is 10.0. The van der Waals surface area contributed by atoms with E-state index in [0.29, 0.717) is 30.0 Å². The molecule has 0 aromatic heterocycles. The van der Waals surface area contributed by atoms with Crippen LogP contribution in [-0.4, -0.2) is 12.4 Å². The highest BCUT2D eigenvalue weighted by Crippen LogP contribution is 2.28. The number of carbonyl (C=O) groups excluding carboxylic acids is 1. The average molecular weight is 163 g/mol. The van der Waals surface area contributed by atoms with Gasteiger partial charge >= 0.3 is 0 Å². The zero-order valence-corrected chi connectivity index (χ0v) is 6.54. The Balaban J connectivity index is 2.60. The summed E-state index contributed by atoms with van der Waals surface area (Å²) in [7, 11) is 0. The van der Waals surface area contributed by atoms with E-state index in [4.69, 9.17) is 10.5 Å². The fraction of sp³-hybridized carbons (Fsp3) is 0.222. The average Bonchev–Trinajstić information content (AvgIpc) is 2.04. The summed E-state index contributed by atoms with van der Waals surface area (Å²) in [5, 5.41) is 0. The van der Waals surface area contributed by atoms with Gasteiger partial charge in [0.05, 0.1) is 12.2 Å². The molecule has 0 saturated heterocycles. The number of fused-ring (bicyclic) bond motifs is 1. The van der Waals surface area contributed by atoms with Crippen LogP contribution in [0.5, 0.6) is 5.75 Å². The molecule has 0 unspecified atom stereocenters. The van der Waals surface area contributed by atoms with Crippen molar-refractivity contribution in [2.75, 3.05) is 12.3 Å². The van der Waals surface area contributed by atoms with Gasteiger partial charge in [-0.1, -0.05) is 6.07 Å². The van der Waals surface area contributed by atoms with Gasteiger partial charge in [0, 0.05) is 12.1 Å². The van der Waals surface area contributed by atoms with Gasteiger partial charge in [0.2, 0.25) is 0 Å². The van der Waals surface area contributed by atoms with Crippen molar-refractivity contribution < 1.29 is 9.53 Å². The Morgan fingerprint density at radius 2 is 2.25 bits per heavy atom. The maximum absolute atomic E-state index is 11.3. The van der Waals surface area contributed by atoms with Crippen LogP contribution in [0.25, 0.3) is 0 Å². The quantitative estimate of drug-likeness (QED) is 0.585. The van der Waals surface area contributed by atoms with Gasteiger partial charge in [-0.3, -0.25) is 4.79 Å². The Hall–Kier alpha value is -1.51. The normalized spacial score (nSPS) is 15.2. The molecule has 0 radical (unpaired) electrons. The van der Waals surface area contributed by atoms with Gasteiger partial charge in [-0.05, 0) is 12.1 Å². The summed E-state index contributed by atoms with van der Waals surface area (Å²) in [6, 6.07) is 5.26. The second-order valence-corrected chi connectivity index (χ2v) is 2.74. The van der Waals surface area contributed by atoms with Crippen LogP contribution >= 0.6 is 0 Å². The first-order valence-corrected chi connectivity index (χ1v) is 3.83. The molecule has 3 nitrogen and oxygen atoms in total. The number of ether oxygens (including phenoxy) is 1. The number of carbonyl (C=O) groups is 1. The van der Waals surface area contributed by atoms with E-state index in [9.17, 15) is 4.79 Å². The largest absolute Gasteiger partial charge is 0.492 e. The van der Waals surface area contributed by atoms with Crippen LogP contribution in [0.1, 0.15) is 16.8 Å². The molecule has 2 N–H and O–H groups in total. The number of nitrogen functional groups attached to an aromatic ring is 1. The molecule has 3 heteroatoms. The number of nitrogens with two attached hydrogens (primary N) is 1. The molecule has 1 aliphatic heterocycles. The van der Waals surface area contributed by atoms with Gasteiger partial charge in [0.25, 0.3) is 0 Å². The molecular weight excluding hydrogens is 154 g/mol. The van der Waals surface area contributed by atoms with Gasteiger partial charge in [-0.2, -0.15) is 0 Å².